The number of amides is 1. The van der Waals surface area contributed by atoms with E-state index in [0.717, 1.165) is 49.5 Å². The maximum absolute atomic E-state index is 12.6. The molecule has 1 atom stereocenters. The number of nitrogens with zero attached hydrogens (tertiary/aromatic N) is 1. The molecule has 1 aliphatic heterocycles. The van der Waals surface area contributed by atoms with Crippen LogP contribution in [0.4, 0.5) is 0 Å². The Labute approximate surface area is 131 Å². The highest BCUT2D eigenvalue weighted by Crippen LogP contribution is 2.28. The lowest BCUT2D eigenvalue weighted by Gasteiger charge is -2.29. The smallest absolute Gasteiger partial charge is 0.251 e. The highest BCUT2D eigenvalue weighted by molar-refractivity contribution is 5.98. The molecule has 1 unspecified atom stereocenters. The number of aliphatic imine (C=N–C) groups is 1. The van der Waals surface area contributed by atoms with E-state index in [9.17, 15) is 9.59 Å². The van der Waals surface area contributed by atoms with E-state index >= 15 is 0 Å². The first-order valence-electron chi connectivity index (χ1n) is 8.13. The van der Waals surface area contributed by atoms with Gasteiger partial charge in [-0.2, -0.15) is 0 Å². The average Bonchev–Trinajstić information content (AvgIpc) is 2.56. The number of rotatable bonds is 4. The molecule has 4 heteroatoms. The Bertz CT molecular complexity index is 564. The second kappa shape index (κ2) is 6.86. The normalized spacial score (nSPS) is 30.1. The Kier molecular flexibility index (Phi) is 4.66. The minimum Gasteiger partial charge on any atom is -0.349 e. The maximum Gasteiger partial charge on any atom is 0.251 e. The molecular formula is C18H22N2O2. The minimum atomic E-state index is 0.0107. The van der Waals surface area contributed by atoms with Crippen LogP contribution in [-0.2, 0) is 9.59 Å². The summed E-state index contributed by atoms with van der Waals surface area (Å²) < 4.78 is 0. The van der Waals surface area contributed by atoms with Gasteiger partial charge in [0.2, 0.25) is 0 Å². The van der Waals surface area contributed by atoms with Gasteiger partial charge in [-0.15, -0.1) is 0 Å². The summed E-state index contributed by atoms with van der Waals surface area (Å²) in [5.41, 5.74) is 1.77. The average molecular weight is 298 g/mol. The second-order valence-electron chi connectivity index (χ2n) is 6.27. The summed E-state index contributed by atoms with van der Waals surface area (Å²) in [5, 5.41) is 3.16. The number of aldehydes is 1. The van der Waals surface area contributed by atoms with Crippen LogP contribution < -0.4 is 5.32 Å². The van der Waals surface area contributed by atoms with Crippen LogP contribution in [0.15, 0.2) is 40.4 Å². The molecule has 1 saturated carbocycles. The van der Waals surface area contributed by atoms with Crippen molar-refractivity contribution in [3.05, 3.63) is 35.5 Å². The molecule has 0 spiro atoms. The Morgan fingerprint density at radius 2 is 2.09 bits per heavy atom. The number of hydrogen-bond donors (Lipinski definition) is 1. The molecule has 22 heavy (non-hydrogen) atoms. The number of allylic oxidation sites excluding steroid dienone is 1. The fourth-order valence-corrected chi connectivity index (χ4v) is 3.51. The number of carbonyl (C=O) groups excluding carboxylic acids is 2. The Hall–Kier alpha value is -1.97. The van der Waals surface area contributed by atoms with Crippen molar-refractivity contribution in [3.8, 4) is 0 Å². The van der Waals surface area contributed by atoms with Gasteiger partial charge in [0.05, 0.1) is 6.04 Å². The van der Waals surface area contributed by atoms with Crippen molar-refractivity contribution in [1.82, 2.24) is 5.32 Å². The molecule has 3 aliphatic rings. The first-order valence-corrected chi connectivity index (χ1v) is 8.13. The topological polar surface area (TPSA) is 58.5 Å². The third-order valence-corrected chi connectivity index (χ3v) is 4.80. The van der Waals surface area contributed by atoms with E-state index in [1.165, 1.54) is 0 Å². The van der Waals surface area contributed by atoms with Gasteiger partial charge in [0.25, 0.3) is 5.91 Å². The molecule has 1 fully saturated rings. The summed E-state index contributed by atoms with van der Waals surface area (Å²) in [4.78, 5) is 27.6. The molecule has 0 radical (unpaired) electrons. The lowest BCUT2D eigenvalue weighted by molar-refractivity contribution is -0.118. The minimum absolute atomic E-state index is 0.0107. The molecule has 2 aliphatic carbocycles. The number of nitrogens with one attached hydrogen (secondary N) is 1. The summed E-state index contributed by atoms with van der Waals surface area (Å²) in [6.45, 7) is 0. The van der Waals surface area contributed by atoms with E-state index in [-0.39, 0.29) is 18.0 Å². The Morgan fingerprint density at radius 3 is 2.86 bits per heavy atom. The Morgan fingerprint density at radius 1 is 1.27 bits per heavy atom. The summed E-state index contributed by atoms with van der Waals surface area (Å²) in [6.07, 6.45) is 16.2. The predicted molar refractivity (Wildman–Crippen MR) is 86.8 cm³/mol. The monoisotopic (exact) mass is 298 g/mol. The van der Waals surface area contributed by atoms with Gasteiger partial charge in [-0.25, -0.2) is 0 Å². The van der Waals surface area contributed by atoms with Gasteiger partial charge in [-0.3, -0.25) is 9.79 Å². The van der Waals surface area contributed by atoms with Crippen LogP contribution in [0.5, 0.6) is 0 Å². The number of fused-ring (bicyclic) bond motifs is 1. The molecule has 0 bridgehead atoms. The quantitative estimate of drug-likeness (QED) is 0.811. The molecule has 4 nitrogen and oxygen atoms in total. The van der Waals surface area contributed by atoms with E-state index in [1.54, 1.807) is 6.21 Å². The van der Waals surface area contributed by atoms with Gasteiger partial charge >= 0.3 is 0 Å². The van der Waals surface area contributed by atoms with Crippen molar-refractivity contribution in [2.24, 2.45) is 10.9 Å². The van der Waals surface area contributed by atoms with Crippen molar-refractivity contribution < 1.29 is 9.59 Å². The molecule has 0 saturated heterocycles. The van der Waals surface area contributed by atoms with Crippen molar-refractivity contribution >= 4 is 18.4 Å². The largest absolute Gasteiger partial charge is 0.349 e. The molecule has 0 aromatic rings. The maximum atomic E-state index is 12.6. The molecule has 0 aromatic carbocycles. The summed E-state index contributed by atoms with van der Waals surface area (Å²) in [5.74, 6) is 0.513. The van der Waals surface area contributed by atoms with Crippen molar-refractivity contribution in [2.75, 3.05) is 0 Å². The zero-order chi connectivity index (χ0) is 15.4. The molecule has 116 valence electrons. The van der Waals surface area contributed by atoms with E-state index in [1.807, 2.05) is 24.3 Å². The van der Waals surface area contributed by atoms with Gasteiger partial charge in [0.1, 0.15) is 6.29 Å². The SMILES string of the molecule is O=CC[C@H]1CC[C@H](NC(=O)C2=C3C=CC=NC3CC=C2)CC1. The van der Waals surface area contributed by atoms with Crippen molar-refractivity contribution in [2.45, 2.75) is 50.6 Å². The van der Waals surface area contributed by atoms with Gasteiger partial charge in [-0.05, 0) is 49.7 Å². The van der Waals surface area contributed by atoms with E-state index in [4.69, 9.17) is 0 Å². The van der Waals surface area contributed by atoms with E-state index in [0.29, 0.717) is 12.3 Å². The van der Waals surface area contributed by atoms with Gasteiger partial charge in [0.15, 0.2) is 0 Å². The van der Waals surface area contributed by atoms with Crippen molar-refractivity contribution in [3.63, 3.8) is 0 Å². The third kappa shape index (κ3) is 3.26. The Balaban J connectivity index is 1.62. The van der Waals surface area contributed by atoms with Gasteiger partial charge < -0.3 is 10.1 Å². The first-order chi connectivity index (χ1) is 10.8. The predicted octanol–water partition coefficient (Wildman–Crippen LogP) is 2.52. The highest BCUT2D eigenvalue weighted by Gasteiger charge is 2.26. The molecule has 1 amide bonds. The van der Waals surface area contributed by atoms with Gasteiger partial charge in [-0.1, -0.05) is 18.2 Å². The van der Waals surface area contributed by atoms with Crippen LogP contribution in [0.3, 0.4) is 0 Å². The zero-order valence-electron chi connectivity index (χ0n) is 12.7. The van der Waals surface area contributed by atoms with Crippen LogP contribution in [0.25, 0.3) is 0 Å². The van der Waals surface area contributed by atoms with Crippen molar-refractivity contribution in [1.29, 1.82) is 0 Å². The lowest BCUT2D eigenvalue weighted by Crippen LogP contribution is -2.39. The number of hydrogen-bond acceptors (Lipinski definition) is 3. The first kappa shape index (κ1) is 14.9. The summed E-state index contributed by atoms with van der Waals surface area (Å²) in [7, 11) is 0. The van der Waals surface area contributed by atoms with Crippen LogP contribution in [-0.4, -0.2) is 30.5 Å². The third-order valence-electron chi connectivity index (χ3n) is 4.80. The lowest BCUT2D eigenvalue weighted by atomic mass is 9.84. The zero-order valence-corrected chi connectivity index (χ0v) is 12.7. The molecule has 3 rings (SSSR count). The highest BCUT2D eigenvalue weighted by atomic mass is 16.1. The molecule has 0 aromatic heterocycles. The van der Waals surface area contributed by atoms with Crippen LogP contribution in [0, 0.1) is 5.92 Å². The fourth-order valence-electron chi connectivity index (χ4n) is 3.51. The van der Waals surface area contributed by atoms with Crippen LogP contribution >= 0.6 is 0 Å². The van der Waals surface area contributed by atoms with Crippen LogP contribution in [0.2, 0.25) is 0 Å². The fraction of sp³-hybridized carbons (Fsp3) is 0.500. The number of carbonyl (C=O) groups is 2. The van der Waals surface area contributed by atoms with E-state index < -0.39 is 0 Å². The van der Waals surface area contributed by atoms with E-state index in [2.05, 4.69) is 10.3 Å². The standard InChI is InChI=1S/C18H22N2O2/c21-12-10-13-6-8-14(9-7-13)20-18(22)16-3-1-5-17-15(16)4-2-11-19-17/h1-4,11-14,17H,5-10H2,(H,20,22)/t13-,14-,17?. The summed E-state index contributed by atoms with van der Waals surface area (Å²) >= 11 is 0. The second-order valence-corrected chi connectivity index (χ2v) is 6.27. The number of dihydropyridines is 1. The van der Waals surface area contributed by atoms with Gasteiger partial charge in [0, 0.05) is 24.3 Å². The molecular weight excluding hydrogens is 276 g/mol. The van der Waals surface area contributed by atoms with Crippen LogP contribution in [0.1, 0.15) is 38.5 Å². The molecule has 1 N–H and O–H groups in total. The summed E-state index contributed by atoms with van der Waals surface area (Å²) in [6, 6.07) is 0.326. The molecule has 1 heterocycles.